The van der Waals surface area contributed by atoms with Crippen LogP contribution in [0.1, 0.15) is 0 Å². The molecule has 82 valence electrons. The van der Waals surface area contributed by atoms with Crippen LogP contribution in [0.4, 0.5) is 0 Å². The molecule has 1 aliphatic rings. The van der Waals surface area contributed by atoms with E-state index in [4.69, 9.17) is 39.5 Å². The van der Waals surface area contributed by atoms with Gasteiger partial charge in [0, 0.05) is 13.1 Å². The summed E-state index contributed by atoms with van der Waals surface area (Å²) in [7, 11) is 0. The molecule has 0 aliphatic carbocycles. The normalized spacial score (nSPS) is 21.6. The lowest BCUT2D eigenvalue weighted by Gasteiger charge is -2.37. The van der Waals surface area contributed by atoms with Crippen molar-refractivity contribution in [3.8, 4) is 0 Å². The standard InChI is InChI=1S/C7H11Cl3N2O2/c8-7(9,10)6(11-5-13)12-1-3-14-4-2-12/h5-6H,1-4H2,(H,11,13)/t6-/m1/s1. The molecule has 14 heavy (non-hydrogen) atoms. The lowest BCUT2D eigenvalue weighted by Crippen LogP contribution is -2.56. The fourth-order valence-electron chi connectivity index (χ4n) is 1.31. The number of ether oxygens (including phenoxy) is 1. The van der Waals surface area contributed by atoms with Crippen molar-refractivity contribution in [1.29, 1.82) is 0 Å². The molecule has 1 atom stereocenters. The second-order valence-electron chi connectivity index (χ2n) is 2.88. The summed E-state index contributed by atoms with van der Waals surface area (Å²) in [5.74, 6) is 0. The van der Waals surface area contributed by atoms with Crippen molar-refractivity contribution in [3.05, 3.63) is 0 Å². The van der Waals surface area contributed by atoms with E-state index in [2.05, 4.69) is 5.32 Å². The predicted molar refractivity (Wildman–Crippen MR) is 55.7 cm³/mol. The van der Waals surface area contributed by atoms with Gasteiger partial charge >= 0.3 is 0 Å². The van der Waals surface area contributed by atoms with Gasteiger partial charge in [-0.05, 0) is 0 Å². The Hall–Kier alpha value is 0.260. The molecule has 1 fully saturated rings. The molecule has 0 aromatic carbocycles. The second kappa shape index (κ2) is 5.37. The number of rotatable bonds is 3. The van der Waals surface area contributed by atoms with Gasteiger partial charge in [-0.1, -0.05) is 34.8 Å². The fraction of sp³-hybridized carbons (Fsp3) is 0.857. The van der Waals surface area contributed by atoms with Crippen molar-refractivity contribution < 1.29 is 9.53 Å². The number of carbonyl (C=O) groups excluding carboxylic acids is 1. The molecule has 0 aromatic rings. The third-order valence-electron chi connectivity index (χ3n) is 1.95. The monoisotopic (exact) mass is 260 g/mol. The van der Waals surface area contributed by atoms with E-state index in [1.54, 1.807) is 0 Å². The topological polar surface area (TPSA) is 41.6 Å². The fourth-order valence-corrected chi connectivity index (χ4v) is 1.91. The SMILES string of the molecule is O=CN[C@H](N1CCOCC1)C(Cl)(Cl)Cl. The lowest BCUT2D eigenvalue weighted by atomic mass is 10.3. The zero-order valence-corrected chi connectivity index (χ0v) is 9.65. The summed E-state index contributed by atoms with van der Waals surface area (Å²) in [6, 6.07) is 0. The van der Waals surface area contributed by atoms with E-state index in [1.807, 2.05) is 4.90 Å². The lowest BCUT2D eigenvalue weighted by molar-refractivity contribution is -0.112. The van der Waals surface area contributed by atoms with Gasteiger partial charge in [-0.3, -0.25) is 9.69 Å². The molecule has 1 heterocycles. The molecule has 1 saturated heterocycles. The van der Waals surface area contributed by atoms with Crippen molar-refractivity contribution in [2.75, 3.05) is 26.3 Å². The van der Waals surface area contributed by atoms with Crippen LogP contribution in [0.5, 0.6) is 0 Å². The molecular weight excluding hydrogens is 250 g/mol. The molecule has 0 bridgehead atoms. The minimum Gasteiger partial charge on any atom is -0.379 e. The maximum atomic E-state index is 10.4. The summed E-state index contributed by atoms with van der Waals surface area (Å²) in [6.07, 6.45) is -0.0731. The van der Waals surface area contributed by atoms with Gasteiger partial charge in [0.1, 0.15) is 6.17 Å². The number of carbonyl (C=O) groups is 1. The highest BCUT2D eigenvalue weighted by Crippen LogP contribution is 2.32. The highest BCUT2D eigenvalue weighted by atomic mass is 35.6. The number of nitrogens with one attached hydrogen (secondary N) is 1. The molecule has 0 saturated carbocycles. The smallest absolute Gasteiger partial charge is 0.223 e. The van der Waals surface area contributed by atoms with E-state index in [1.165, 1.54) is 0 Å². The predicted octanol–water partition coefficient (Wildman–Crippen LogP) is 0.761. The molecule has 0 radical (unpaired) electrons. The molecule has 1 amide bonds. The van der Waals surface area contributed by atoms with E-state index in [-0.39, 0.29) is 0 Å². The summed E-state index contributed by atoms with van der Waals surface area (Å²) in [6.45, 7) is 2.44. The minimum absolute atomic E-state index is 0.530. The van der Waals surface area contributed by atoms with Crippen LogP contribution in [0, 0.1) is 0 Å². The van der Waals surface area contributed by atoms with Gasteiger partial charge in [0.05, 0.1) is 13.2 Å². The van der Waals surface area contributed by atoms with Gasteiger partial charge < -0.3 is 10.1 Å². The molecule has 1 rings (SSSR count). The van der Waals surface area contributed by atoms with E-state index in [9.17, 15) is 4.79 Å². The average Bonchev–Trinajstić information content (AvgIpc) is 2.14. The van der Waals surface area contributed by atoms with Crippen LogP contribution in [0.3, 0.4) is 0 Å². The first-order chi connectivity index (χ1) is 6.55. The first-order valence-electron chi connectivity index (χ1n) is 4.14. The Labute approximate surface area is 97.4 Å². The van der Waals surface area contributed by atoms with E-state index in [0.717, 1.165) is 0 Å². The minimum atomic E-state index is -1.53. The van der Waals surface area contributed by atoms with E-state index < -0.39 is 9.96 Å². The zero-order valence-electron chi connectivity index (χ0n) is 7.38. The Morgan fingerprint density at radius 3 is 2.36 bits per heavy atom. The Bertz CT molecular complexity index is 192. The summed E-state index contributed by atoms with van der Waals surface area (Å²) >= 11 is 17.2. The first kappa shape index (κ1) is 12.3. The summed E-state index contributed by atoms with van der Waals surface area (Å²) in [5, 5.41) is 2.49. The molecule has 0 aromatic heterocycles. The number of hydrogen-bond donors (Lipinski definition) is 1. The average molecular weight is 262 g/mol. The third kappa shape index (κ3) is 3.44. The van der Waals surface area contributed by atoms with Gasteiger partial charge in [0.15, 0.2) is 0 Å². The number of morpholine rings is 1. The number of hydrogen-bond acceptors (Lipinski definition) is 3. The van der Waals surface area contributed by atoms with Crippen molar-refractivity contribution in [1.82, 2.24) is 10.2 Å². The highest BCUT2D eigenvalue weighted by Gasteiger charge is 2.37. The molecule has 4 nitrogen and oxygen atoms in total. The van der Waals surface area contributed by atoms with Crippen LogP contribution in [0.15, 0.2) is 0 Å². The van der Waals surface area contributed by atoms with Crippen molar-refractivity contribution >= 4 is 41.2 Å². The Balaban J connectivity index is 2.60. The van der Waals surface area contributed by atoms with Crippen molar-refractivity contribution in [2.45, 2.75) is 9.96 Å². The summed E-state index contributed by atoms with van der Waals surface area (Å²) < 4.78 is 3.62. The van der Waals surface area contributed by atoms with Crippen LogP contribution in [0.2, 0.25) is 0 Å². The maximum Gasteiger partial charge on any atom is 0.223 e. The molecule has 0 spiro atoms. The quantitative estimate of drug-likeness (QED) is 0.602. The summed E-state index contributed by atoms with van der Waals surface area (Å²) in [5.41, 5.74) is 0. The van der Waals surface area contributed by atoms with Gasteiger partial charge in [0.2, 0.25) is 10.2 Å². The Morgan fingerprint density at radius 2 is 1.93 bits per heavy atom. The molecule has 0 unspecified atom stereocenters. The number of alkyl halides is 3. The summed E-state index contributed by atoms with van der Waals surface area (Å²) in [4.78, 5) is 12.2. The van der Waals surface area contributed by atoms with Crippen LogP contribution in [0.25, 0.3) is 0 Å². The van der Waals surface area contributed by atoms with Crippen LogP contribution in [-0.2, 0) is 9.53 Å². The van der Waals surface area contributed by atoms with Gasteiger partial charge in [-0.15, -0.1) is 0 Å². The Kier molecular flexibility index (Phi) is 4.73. The number of halogens is 3. The van der Waals surface area contributed by atoms with Crippen LogP contribution in [-0.4, -0.2) is 47.6 Å². The Morgan fingerprint density at radius 1 is 1.36 bits per heavy atom. The molecular formula is C7H11Cl3N2O2. The molecule has 7 heteroatoms. The second-order valence-corrected chi connectivity index (χ2v) is 5.25. The van der Waals surface area contributed by atoms with Crippen LogP contribution >= 0.6 is 34.8 Å². The van der Waals surface area contributed by atoms with Gasteiger partial charge in [-0.2, -0.15) is 0 Å². The van der Waals surface area contributed by atoms with Gasteiger partial charge in [-0.25, -0.2) is 0 Å². The number of nitrogens with zero attached hydrogens (tertiary/aromatic N) is 1. The highest BCUT2D eigenvalue weighted by molar-refractivity contribution is 6.68. The van der Waals surface area contributed by atoms with E-state index >= 15 is 0 Å². The molecule has 1 aliphatic heterocycles. The number of amides is 1. The van der Waals surface area contributed by atoms with Gasteiger partial charge in [0.25, 0.3) is 0 Å². The van der Waals surface area contributed by atoms with Crippen molar-refractivity contribution in [3.63, 3.8) is 0 Å². The van der Waals surface area contributed by atoms with Crippen LogP contribution < -0.4 is 5.32 Å². The van der Waals surface area contributed by atoms with E-state index in [0.29, 0.717) is 32.7 Å². The first-order valence-corrected chi connectivity index (χ1v) is 5.27. The third-order valence-corrected chi connectivity index (χ3v) is 2.57. The zero-order chi connectivity index (χ0) is 10.6. The maximum absolute atomic E-state index is 10.4. The van der Waals surface area contributed by atoms with Crippen molar-refractivity contribution in [2.24, 2.45) is 0 Å². The molecule has 1 N–H and O–H groups in total. The largest absolute Gasteiger partial charge is 0.379 e.